The number of hydrogen-bond donors (Lipinski definition) is 0. The number of fused-ring (bicyclic) bond motifs is 1. The Bertz CT molecular complexity index is 759. The van der Waals surface area contributed by atoms with E-state index in [0.29, 0.717) is 0 Å². The van der Waals surface area contributed by atoms with Gasteiger partial charge in [0.15, 0.2) is 0 Å². The van der Waals surface area contributed by atoms with Crippen LogP contribution >= 0.6 is 11.8 Å². The van der Waals surface area contributed by atoms with Crippen LogP contribution < -0.4 is 0 Å². The Labute approximate surface area is 129 Å². The highest BCUT2D eigenvalue weighted by molar-refractivity contribution is 7.98. The molecule has 106 valence electrons. The fourth-order valence-electron chi connectivity index (χ4n) is 2.35. The molecule has 2 nitrogen and oxygen atoms in total. The fraction of sp³-hybridized carbons (Fsp3) is 0.167. The minimum Gasteiger partial charge on any atom is -0.323 e. The molecule has 3 heteroatoms. The van der Waals surface area contributed by atoms with Crippen molar-refractivity contribution in [2.45, 2.75) is 24.1 Å². The fourth-order valence-corrected chi connectivity index (χ4v) is 3.21. The SMILES string of the molecule is C=C(C)Cn1c(CSc2ccccc2)nc2ccccc21. The Balaban J connectivity index is 1.91. The van der Waals surface area contributed by atoms with Crippen molar-refractivity contribution in [3.63, 3.8) is 0 Å². The summed E-state index contributed by atoms with van der Waals surface area (Å²) < 4.78 is 2.27. The van der Waals surface area contributed by atoms with Gasteiger partial charge in [0.2, 0.25) is 0 Å². The van der Waals surface area contributed by atoms with Gasteiger partial charge in [0.05, 0.1) is 16.8 Å². The molecule has 3 aromatic rings. The summed E-state index contributed by atoms with van der Waals surface area (Å²) in [4.78, 5) is 6.05. The van der Waals surface area contributed by atoms with Crippen molar-refractivity contribution in [3.05, 3.63) is 72.6 Å². The van der Waals surface area contributed by atoms with E-state index in [2.05, 4.69) is 60.5 Å². The van der Waals surface area contributed by atoms with Gasteiger partial charge in [-0.3, -0.25) is 0 Å². The molecule has 0 saturated carbocycles. The number of benzene rings is 2. The van der Waals surface area contributed by atoms with E-state index in [4.69, 9.17) is 4.98 Å². The zero-order valence-corrected chi connectivity index (χ0v) is 12.9. The predicted octanol–water partition coefficient (Wildman–Crippen LogP) is 4.90. The van der Waals surface area contributed by atoms with Gasteiger partial charge < -0.3 is 4.57 Å². The number of aromatic nitrogens is 2. The average molecular weight is 294 g/mol. The van der Waals surface area contributed by atoms with Gasteiger partial charge in [-0.05, 0) is 31.2 Å². The van der Waals surface area contributed by atoms with E-state index in [1.165, 1.54) is 10.4 Å². The summed E-state index contributed by atoms with van der Waals surface area (Å²) in [5.74, 6) is 1.97. The average Bonchev–Trinajstić information content (AvgIpc) is 2.84. The van der Waals surface area contributed by atoms with Crippen molar-refractivity contribution in [2.75, 3.05) is 0 Å². The van der Waals surface area contributed by atoms with Crippen LogP contribution in [0.1, 0.15) is 12.7 Å². The summed E-state index contributed by atoms with van der Waals surface area (Å²) in [5.41, 5.74) is 3.38. The summed E-state index contributed by atoms with van der Waals surface area (Å²) in [6.45, 7) is 6.92. The van der Waals surface area contributed by atoms with Crippen LogP contribution in [-0.4, -0.2) is 9.55 Å². The van der Waals surface area contributed by atoms with Crippen molar-refractivity contribution in [2.24, 2.45) is 0 Å². The van der Waals surface area contributed by atoms with Gasteiger partial charge in [0.1, 0.15) is 5.82 Å². The van der Waals surface area contributed by atoms with Gasteiger partial charge in [-0.15, -0.1) is 11.8 Å². The molecule has 0 saturated heterocycles. The van der Waals surface area contributed by atoms with Crippen molar-refractivity contribution < 1.29 is 0 Å². The van der Waals surface area contributed by atoms with E-state index < -0.39 is 0 Å². The van der Waals surface area contributed by atoms with Crippen LogP contribution in [0.5, 0.6) is 0 Å². The Hall–Kier alpha value is -2.00. The molecular formula is C18H18N2S. The van der Waals surface area contributed by atoms with Gasteiger partial charge in [0, 0.05) is 11.4 Å². The topological polar surface area (TPSA) is 17.8 Å². The highest BCUT2D eigenvalue weighted by Gasteiger charge is 2.10. The van der Waals surface area contributed by atoms with Crippen molar-refractivity contribution in [3.8, 4) is 0 Å². The standard InChI is InChI=1S/C18H18N2S/c1-14(2)12-20-17-11-7-6-10-16(17)19-18(20)13-21-15-8-4-3-5-9-15/h3-11H,1,12-13H2,2H3. The molecule has 0 amide bonds. The molecule has 0 radical (unpaired) electrons. The first-order valence-electron chi connectivity index (χ1n) is 7.00. The first-order chi connectivity index (χ1) is 10.2. The highest BCUT2D eigenvalue weighted by Crippen LogP contribution is 2.25. The molecule has 0 unspecified atom stereocenters. The van der Waals surface area contributed by atoms with E-state index in [0.717, 1.165) is 29.2 Å². The molecule has 1 heterocycles. The maximum Gasteiger partial charge on any atom is 0.120 e. The van der Waals surface area contributed by atoms with Crippen LogP contribution in [0, 0.1) is 0 Å². The molecule has 0 atom stereocenters. The summed E-state index contributed by atoms with van der Waals surface area (Å²) in [6, 6.07) is 18.7. The molecule has 1 aromatic heterocycles. The van der Waals surface area contributed by atoms with E-state index in [1.54, 1.807) is 0 Å². The van der Waals surface area contributed by atoms with E-state index in [9.17, 15) is 0 Å². The Morgan fingerprint density at radius 3 is 2.57 bits per heavy atom. The van der Waals surface area contributed by atoms with E-state index >= 15 is 0 Å². The molecule has 0 aliphatic rings. The molecule has 0 fully saturated rings. The number of hydrogen-bond acceptors (Lipinski definition) is 2. The predicted molar refractivity (Wildman–Crippen MR) is 90.6 cm³/mol. The van der Waals surface area contributed by atoms with Crippen LogP contribution in [-0.2, 0) is 12.3 Å². The maximum absolute atomic E-state index is 4.78. The number of allylic oxidation sites excluding steroid dienone is 1. The van der Waals surface area contributed by atoms with Crippen LogP contribution in [0.4, 0.5) is 0 Å². The van der Waals surface area contributed by atoms with Crippen LogP contribution in [0.2, 0.25) is 0 Å². The lowest BCUT2D eigenvalue weighted by Gasteiger charge is -2.09. The molecule has 0 spiro atoms. The minimum atomic E-state index is 0.825. The molecule has 21 heavy (non-hydrogen) atoms. The lowest BCUT2D eigenvalue weighted by Crippen LogP contribution is -2.03. The summed E-state index contributed by atoms with van der Waals surface area (Å²) in [7, 11) is 0. The molecule has 2 aromatic carbocycles. The quantitative estimate of drug-likeness (QED) is 0.492. The first kappa shape index (κ1) is 14.0. The van der Waals surface area contributed by atoms with Crippen LogP contribution in [0.25, 0.3) is 11.0 Å². The minimum absolute atomic E-state index is 0.825. The Morgan fingerprint density at radius 1 is 1.10 bits per heavy atom. The second kappa shape index (κ2) is 6.19. The Morgan fingerprint density at radius 2 is 1.81 bits per heavy atom. The molecule has 3 rings (SSSR count). The molecular weight excluding hydrogens is 276 g/mol. The molecule has 0 N–H and O–H groups in total. The number of imidazole rings is 1. The van der Waals surface area contributed by atoms with Crippen molar-refractivity contribution in [1.29, 1.82) is 0 Å². The second-order valence-electron chi connectivity index (χ2n) is 5.16. The lowest BCUT2D eigenvalue weighted by atomic mass is 10.3. The third-order valence-electron chi connectivity index (χ3n) is 3.27. The monoisotopic (exact) mass is 294 g/mol. The number of thioether (sulfide) groups is 1. The van der Waals surface area contributed by atoms with E-state index in [-0.39, 0.29) is 0 Å². The van der Waals surface area contributed by atoms with Crippen LogP contribution in [0.3, 0.4) is 0 Å². The first-order valence-corrected chi connectivity index (χ1v) is 7.99. The Kier molecular flexibility index (Phi) is 4.11. The van der Waals surface area contributed by atoms with Gasteiger partial charge in [0.25, 0.3) is 0 Å². The van der Waals surface area contributed by atoms with Gasteiger partial charge in [-0.2, -0.15) is 0 Å². The smallest absolute Gasteiger partial charge is 0.120 e. The summed E-state index contributed by atoms with van der Waals surface area (Å²) in [5, 5.41) is 0. The van der Waals surface area contributed by atoms with Crippen molar-refractivity contribution in [1.82, 2.24) is 9.55 Å². The second-order valence-corrected chi connectivity index (χ2v) is 6.21. The highest BCUT2D eigenvalue weighted by atomic mass is 32.2. The third kappa shape index (κ3) is 3.19. The summed E-state index contributed by atoms with van der Waals surface area (Å²) >= 11 is 1.82. The van der Waals surface area contributed by atoms with Gasteiger partial charge in [-0.25, -0.2) is 4.98 Å². The third-order valence-corrected chi connectivity index (χ3v) is 4.28. The molecule has 0 aliphatic heterocycles. The normalized spacial score (nSPS) is 10.9. The summed E-state index contributed by atoms with van der Waals surface area (Å²) in [6.07, 6.45) is 0. The zero-order chi connectivity index (χ0) is 14.7. The maximum atomic E-state index is 4.78. The largest absolute Gasteiger partial charge is 0.323 e. The number of para-hydroxylation sites is 2. The zero-order valence-electron chi connectivity index (χ0n) is 12.1. The van der Waals surface area contributed by atoms with Gasteiger partial charge in [-0.1, -0.05) is 42.5 Å². The van der Waals surface area contributed by atoms with Crippen molar-refractivity contribution >= 4 is 22.8 Å². The van der Waals surface area contributed by atoms with Crippen LogP contribution in [0.15, 0.2) is 71.6 Å². The van der Waals surface area contributed by atoms with Gasteiger partial charge >= 0.3 is 0 Å². The molecule has 0 bridgehead atoms. The number of rotatable bonds is 5. The number of nitrogens with zero attached hydrogens (tertiary/aromatic N) is 2. The lowest BCUT2D eigenvalue weighted by molar-refractivity contribution is 0.769. The van der Waals surface area contributed by atoms with E-state index in [1.807, 2.05) is 23.9 Å². The molecule has 0 aliphatic carbocycles.